The molecule has 0 bridgehead atoms. The summed E-state index contributed by atoms with van der Waals surface area (Å²) in [5.74, 6) is -3.82. The molecule has 1 saturated heterocycles. The first-order valence-corrected chi connectivity index (χ1v) is 4.47. The summed E-state index contributed by atoms with van der Waals surface area (Å²) in [5, 5.41) is 26.2. The monoisotopic (exact) mass is 304 g/mol. The first kappa shape index (κ1) is 19.3. The summed E-state index contributed by atoms with van der Waals surface area (Å²) in [6, 6.07) is -1.17. The Kier molecular flexibility index (Phi) is 7.21. The van der Waals surface area contributed by atoms with E-state index in [1.54, 1.807) is 0 Å². The van der Waals surface area contributed by atoms with E-state index in [0.29, 0.717) is 0 Å². The summed E-state index contributed by atoms with van der Waals surface area (Å²) >= 11 is 0. The maximum absolute atomic E-state index is 10.8. The third-order valence-electron chi connectivity index (χ3n) is 2.53. The summed E-state index contributed by atoms with van der Waals surface area (Å²) in [6.45, 7) is -0.825. The van der Waals surface area contributed by atoms with Crippen LogP contribution in [0.15, 0.2) is 0 Å². The Hall–Kier alpha value is -1.09. The minimum Gasteiger partial charge on any atom is -0.480 e. The highest BCUT2D eigenvalue weighted by Crippen LogP contribution is 2.25. The van der Waals surface area contributed by atoms with Crippen molar-refractivity contribution in [3.05, 3.63) is 0 Å². The molecule has 1 fully saturated rings. The van der Waals surface area contributed by atoms with Gasteiger partial charge in [-0.1, -0.05) is 0 Å². The Morgan fingerprint density at radius 2 is 1.72 bits per heavy atom. The summed E-state index contributed by atoms with van der Waals surface area (Å²) < 4.78 is 0. The van der Waals surface area contributed by atoms with Crippen molar-refractivity contribution in [3.63, 3.8) is 0 Å². The fraction of sp³-hybridized carbons (Fsp3) is 0.625. The average Bonchev–Trinajstić information content (AvgIpc) is 2.43. The molecule has 2 atom stereocenters. The highest BCUT2D eigenvalue weighted by atomic mass is 35.5. The van der Waals surface area contributed by atoms with Crippen molar-refractivity contribution >= 4 is 42.7 Å². The standard InChI is InChI=1S/C8H12N2O6.2ClH/c9-8(7(15)16)1-4(6(13)14)10(3-8)2-5(11)12;;/h4H,1-3,9H2,(H,11,12)(H,13,14)(H,15,16);2*1H/t4-,8-;;/m1../s1. The Morgan fingerprint density at radius 1 is 1.22 bits per heavy atom. The molecule has 1 aliphatic rings. The van der Waals surface area contributed by atoms with Crippen molar-refractivity contribution in [2.24, 2.45) is 5.73 Å². The number of likely N-dealkylation sites (tertiary alicyclic amines) is 1. The normalized spacial score (nSPS) is 26.8. The lowest BCUT2D eigenvalue weighted by Gasteiger charge is -2.19. The summed E-state index contributed by atoms with van der Waals surface area (Å²) in [6.07, 6.45) is -0.301. The first-order chi connectivity index (χ1) is 7.26. The van der Waals surface area contributed by atoms with Crippen LogP contribution in [-0.4, -0.2) is 62.8 Å². The molecule has 1 aliphatic heterocycles. The van der Waals surface area contributed by atoms with Gasteiger partial charge in [-0.2, -0.15) is 0 Å². The van der Waals surface area contributed by atoms with E-state index >= 15 is 0 Å². The van der Waals surface area contributed by atoms with E-state index in [9.17, 15) is 14.4 Å². The van der Waals surface area contributed by atoms with Gasteiger partial charge in [-0.25, -0.2) is 0 Å². The molecule has 0 aromatic heterocycles. The number of carbonyl (C=O) groups is 3. The lowest BCUT2D eigenvalue weighted by molar-refractivity contribution is -0.145. The number of nitrogens with zero attached hydrogens (tertiary/aromatic N) is 1. The largest absolute Gasteiger partial charge is 0.480 e. The maximum atomic E-state index is 10.8. The molecule has 0 aliphatic carbocycles. The van der Waals surface area contributed by atoms with Gasteiger partial charge in [-0.15, -0.1) is 24.8 Å². The Balaban J connectivity index is 0. The van der Waals surface area contributed by atoms with Crippen molar-refractivity contribution in [1.82, 2.24) is 4.90 Å². The van der Waals surface area contributed by atoms with Gasteiger partial charge in [0.15, 0.2) is 0 Å². The van der Waals surface area contributed by atoms with Crippen LogP contribution in [0.4, 0.5) is 0 Å². The second kappa shape index (κ2) is 6.74. The van der Waals surface area contributed by atoms with E-state index in [-0.39, 0.29) is 37.8 Å². The first-order valence-electron chi connectivity index (χ1n) is 4.47. The van der Waals surface area contributed by atoms with Crippen LogP contribution in [0.5, 0.6) is 0 Å². The number of carboxylic acid groups (broad SMARTS) is 3. The number of nitrogens with two attached hydrogens (primary N) is 1. The molecule has 0 unspecified atom stereocenters. The molecule has 10 heteroatoms. The molecular formula is C8H14Cl2N2O6. The van der Waals surface area contributed by atoms with Gasteiger partial charge in [-0.3, -0.25) is 19.3 Å². The van der Waals surface area contributed by atoms with Gasteiger partial charge in [0.25, 0.3) is 0 Å². The average molecular weight is 305 g/mol. The second-order valence-electron chi connectivity index (χ2n) is 3.82. The SMILES string of the molecule is Cl.Cl.N[C@]1(C(=O)O)C[C@H](C(=O)O)N(CC(=O)O)C1. The predicted octanol–water partition coefficient (Wildman–Crippen LogP) is -1.14. The van der Waals surface area contributed by atoms with Crippen LogP contribution >= 0.6 is 24.8 Å². The van der Waals surface area contributed by atoms with Crippen LogP contribution < -0.4 is 5.73 Å². The summed E-state index contributed by atoms with van der Waals surface area (Å²) in [4.78, 5) is 33.2. The van der Waals surface area contributed by atoms with Crippen LogP contribution in [-0.2, 0) is 14.4 Å². The molecule has 0 amide bonds. The molecule has 5 N–H and O–H groups in total. The number of hydrogen-bond acceptors (Lipinski definition) is 5. The molecule has 18 heavy (non-hydrogen) atoms. The zero-order chi connectivity index (χ0) is 12.5. The summed E-state index contributed by atoms with van der Waals surface area (Å²) in [7, 11) is 0. The minimum absolute atomic E-state index is 0. The summed E-state index contributed by atoms with van der Waals surface area (Å²) in [5.41, 5.74) is 3.80. The minimum atomic E-state index is -1.70. The van der Waals surface area contributed by atoms with E-state index in [0.717, 1.165) is 4.90 Å². The zero-order valence-electron chi connectivity index (χ0n) is 9.11. The number of aliphatic carboxylic acids is 3. The molecule has 0 radical (unpaired) electrons. The maximum Gasteiger partial charge on any atom is 0.325 e. The Morgan fingerprint density at radius 3 is 2.06 bits per heavy atom. The zero-order valence-corrected chi connectivity index (χ0v) is 10.7. The second-order valence-corrected chi connectivity index (χ2v) is 3.82. The number of rotatable bonds is 4. The quantitative estimate of drug-likeness (QED) is 0.510. The van der Waals surface area contributed by atoms with Gasteiger partial charge in [0.05, 0.1) is 6.54 Å². The fourth-order valence-corrected chi connectivity index (χ4v) is 1.75. The molecule has 1 rings (SSSR count). The van der Waals surface area contributed by atoms with E-state index < -0.39 is 36.0 Å². The molecule has 0 saturated carbocycles. The third kappa shape index (κ3) is 3.98. The van der Waals surface area contributed by atoms with Crippen molar-refractivity contribution in [3.8, 4) is 0 Å². The Bertz CT molecular complexity index is 352. The number of hydrogen-bond donors (Lipinski definition) is 4. The van der Waals surface area contributed by atoms with Crippen molar-refractivity contribution in [1.29, 1.82) is 0 Å². The van der Waals surface area contributed by atoms with Crippen molar-refractivity contribution in [2.45, 2.75) is 18.0 Å². The highest BCUT2D eigenvalue weighted by molar-refractivity contribution is 5.85. The van der Waals surface area contributed by atoms with E-state index in [1.807, 2.05) is 0 Å². The molecule has 0 aromatic carbocycles. The van der Waals surface area contributed by atoms with E-state index in [4.69, 9.17) is 21.1 Å². The van der Waals surface area contributed by atoms with Gasteiger partial charge >= 0.3 is 17.9 Å². The van der Waals surface area contributed by atoms with Crippen LogP contribution in [0, 0.1) is 0 Å². The predicted molar refractivity (Wildman–Crippen MR) is 64.3 cm³/mol. The smallest absolute Gasteiger partial charge is 0.325 e. The molecule has 0 aromatic rings. The highest BCUT2D eigenvalue weighted by Gasteiger charge is 2.49. The lowest BCUT2D eigenvalue weighted by atomic mass is 9.98. The van der Waals surface area contributed by atoms with Crippen LogP contribution in [0.1, 0.15) is 6.42 Å². The van der Waals surface area contributed by atoms with Gasteiger partial charge in [-0.05, 0) is 0 Å². The van der Waals surface area contributed by atoms with E-state index in [2.05, 4.69) is 0 Å². The Labute approximate surface area is 115 Å². The van der Waals surface area contributed by atoms with Crippen LogP contribution in [0.2, 0.25) is 0 Å². The molecule has 8 nitrogen and oxygen atoms in total. The number of halogens is 2. The van der Waals surface area contributed by atoms with Crippen LogP contribution in [0.25, 0.3) is 0 Å². The van der Waals surface area contributed by atoms with Crippen molar-refractivity contribution in [2.75, 3.05) is 13.1 Å². The third-order valence-corrected chi connectivity index (χ3v) is 2.53. The molecular weight excluding hydrogens is 291 g/mol. The van der Waals surface area contributed by atoms with Crippen LogP contribution in [0.3, 0.4) is 0 Å². The van der Waals surface area contributed by atoms with Gasteiger partial charge in [0.1, 0.15) is 11.6 Å². The lowest BCUT2D eigenvalue weighted by Crippen LogP contribution is -2.50. The van der Waals surface area contributed by atoms with Gasteiger partial charge in [0.2, 0.25) is 0 Å². The molecule has 1 heterocycles. The van der Waals surface area contributed by atoms with Gasteiger partial charge in [0, 0.05) is 13.0 Å². The topological polar surface area (TPSA) is 141 Å². The molecule has 106 valence electrons. The molecule has 0 spiro atoms. The van der Waals surface area contributed by atoms with Crippen molar-refractivity contribution < 1.29 is 29.7 Å². The number of carboxylic acids is 3. The van der Waals surface area contributed by atoms with Gasteiger partial charge < -0.3 is 21.1 Å². The van der Waals surface area contributed by atoms with E-state index in [1.165, 1.54) is 0 Å². The fourth-order valence-electron chi connectivity index (χ4n) is 1.75.